The van der Waals surface area contributed by atoms with E-state index in [4.69, 9.17) is 0 Å². The molecule has 0 N–H and O–H groups in total. The number of fused-ring (bicyclic) bond motifs is 2. The molecule has 1 heteroatoms. The van der Waals surface area contributed by atoms with Crippen LogP contribution in [0.25, 0.3) is 6.08 Å². The molecule has 3 aliphatic rings. The van der Waals surface area contributed by atoms with E-state index >= 15 is 0 Å². The van der Waals surface area contributed by atoms with Gasteiger partial charge in [0.15, 0.2) is 0 Å². The molecule has 0 nitrogen and oxygen atoms in total. The first-order valence-electron chi connectivity index (χ1n) is 11.0. The second-order valence-electron chi connectivity index (χ2n) is 10.5. The van der Waals surface area contributed by atoms with Crippen molar-refractivity contribution in [2.75, 3.05) is 0 Å². The average Bonchev–Trinajstić information content (AvgIpc) is 3.16. The summed E-state index contributed by atoms with van der Waals surface area (Å²) in [6.07, 6.45) is 10.2. The predicted octanol–water partition coefficient (Wildman–Crippen LogP) is 7.78. The molecule has 0 fully saturated rings. The van der Waals surface area contributed by atoms with E-state index < -0.39 is 22.9 Å². The van der Waals surface area contributed by atoms with Crippen LogP contribution in [-0.4, -0.2) is 0 Å². The summed E-state index contributed by atoms with van der Waals surface area (Å²) in [6.45, 7) is 19.4. The molecule has 0 heterocycles. The van der Waals surface area contributed by atoms with Crippen molar-refractivity contribution in [1.82, 2.24) is 0 Å². The maximum atomic E-state index is 2.65. The average molecular weight is 539 g/mol. The van der Waals surface area contributed by atoms with Gasteiger partial charge in [-0.1, -0.05) is 0 Å². The molecule has 4 rings (SSSR count). The number of hydrogen-bond donors (Lipinski definition) is 0. The van der Waals surface area contributed by atoms with Gasteiger partial charge in [0, 0.05) is 0 Å². The van der Waals surface area contributed by atoms with Gasteiger partial charge in [-0.05, 0) is 0 Å². The van der Waals surface area contributed by atoms with Crippen molar-refractivity contribution in [2.24, 2.45) is 5.41 Å². The molecule has 0 saturated carbocycles. The van der Waals surface area contributed by atoms with Crippen LogP contribution in [0.3, 0.4) is 0 Å². The Bertz CT molecular complexity index is 913. The van der Waals surface area contributed by atoms with E-state index in [2.05, 4.69) is 79.7 Å². The summed E-state index contributed by atoms with van der Waals surface area (Å²) in [4.78, 5) is 0. The first-order valence-corrected chi connectivity index (χ1v) is 14.6. The van der Waals surface area contributed by atoms with Crippen LogP contribution < -0.4 is 0 Å². The third kappa shape index (κ3) is 2.94. The number of benzene rings is 1. The molecule has 3 aliphatic carbocycles. The van der Waals surface area contributed by atoms with Crippen LogP contribution in [0.2, 0.25) is 3.17 Å². The van der Waals surface area contributed by atoms with E-state index in [-0.39, 0.29) is 0 Å². The van der Waals surface area contributed by atoms with Crippen molar-refractivity contribution >= 4 is 6.08 Å². The Morgan fingerprint density at radius 2 is 1.46 bits per heavy atom. The standard InChI is InChI=1S/C17H21.C10H15.Hf/c1-4-5-12-6-7-13-8-14-10-17(2,3)11-15(14)9-16(12)13;1-6-7(2)9(4)10(5)8(6)3;/h6-9H,4-5,10-11H2,1-3H3;1-5H3;. The molecule has 1 atom stereocenters. The summed E-state index contributed by atoms with van der Waals surface area (Å²) in [7, 11) is 0. The summed E-state index contributed by atoms with van der Waals surface area (Å²) in [5, 5.41) is 0. The van der Waals surface area contributed by atoms with Crippen molar-refractivity contribution in [1.29, 1.82) is 0 Å². The quantitative estimate of drug-likeness (QED) is 0.343. The molecule has 0 amide bonds. The Hall–Kier alpha value is -0.690. The van der Waals surface area contributed by atoms with Crippen molar-refractivity contribution in [3.63, 3.8) is 0 Å². The van der Waals surface area contributed by atoms with Gasteiger partial charge < -0.3 is 0 Å². The molecule has 1 aromatic carbocycles. The van der Waals surface area contributed by atoms with E-state index in [9.17, 15) is 0 Å². The fourth-order valence-electron chi connectivity index (χ4n) is 5.99. The summed E-state index contributed by atoms with van der Waals surface area (Å²) in [5.41, 5.74) is 13.4. The number of allylic oxidation sites excluding steroid dienone is 5. The molecule has 0 aliphatic heterocycles. The SMILES string of the molecule is CCC[C]1([Hf][C]2(C)C(C)=C(C)C(C)=C2C)C=Cc2cc3c(cc21)CC(C)(C)C3. The van der Waals surface area contributed by atoms with Crippen LogP contribution >= 0.6 is 0 Å². The molecule has 0 spiro atoms. The molecule has 148 valence electrons. The molecular weight excluding hydrogens is 503 g/mol. The van der Waals surface area contributed by atoms with Crippen molar-refractivity contribution in [3.8, 4) is 0 Å². The molecule has 0 radical (unpaired) electrons. The molecular formula is C27H36Hf. The van der Waals surface area contributed by atoms with Crippen LogP contribution in [-0.2, 0) is 38.9 Å². The zero-order chi connectivity index (χ0) is 20.5. The van der Waals surface area contributed by atoms with Crippen LogP contribution in [0.5, 0.6) is 0 Å². The molecule has 0 bridgehead atoms. The molecule has 1 unspecified atom stereocenters. The van der Waals surface area contributed by atoms with Gasteiger partial charge >= 0.3 is 185 Å². The fraction of sp³-hybridized carbons (Fsp3) is 0.556. The summed E-state index contributed by atoms with van der Waals surface area (Å²) < 4.78 is 0.738. The Kier molecular flexibility index (Phi) is 4.89. The van der Waals surface area contributed by atoms with Crippen molar-refractivity contribution < 1.29 is 22.9 Å². The van der Waals surface area contributed by atoms with Gasteiger partial charge in [0.25, 0.3) is 0 Å². The topological polar surface area (TPSA) is 0 Å². The van der Waals surface area contributed by atoms with Crippen LogP contribution in [0, 0.1) is 5.41 Å². The zero-order valence-corrected chi connectivity index (χ0v) is 22.7. The molecule has 28 heavy (non-hydrogen) atoms. The second kappa shape index (κ2) is 6.66. The van der Waals surface area contributed by atoms with E-state index in [0.29, 0.717) is 11.8 Å². The predicted molar refractivity (Wildman–Crippen MR) is 118 cm³/mol. The minimum atomic E-state index is -1.13. The van der Waals surface area contributed by atoms with Crippen molar-refractivity contribution in [3.05, 3.63) is 62.8 Å². The molecule has 0 aromatic heterocycles. The fourth-order valence-corrected chi connectivity index (χ4v) is 15.1. The van der Waals surface area contributed by atoms with E-state index in [1.807, 2.05) is 0 Å². The van der Waals surface area contributed by atoms with Gasteiger partial charge in [-0.15, -0.1) is 0 Å². The van der Waals surface area contributed by atoms with E-state index in [1.165, 1.54) is 31.2 Å². The normalized spacial score (nSPS) is 26.9. The van der Waals surface area contributed by atoms with Gasteiger partial charge in [0.2, 0.25) is 0 Å². The van der Waals surface area contributed by atoms with Gasteiger partial charge in [-0.2, -0.15) is 0 Å². The third-order valence-electron chi connectivity index (χ3n) is 8.04. The molecule has 1 aromatic rings. The third-order valence-corrected chi connectivity index (χ3v) is 16.6. The van der Waals surface area contributed by atoms with Gasteiger partial charge in [-0.3, -0.25) is 0 Å². The van der Waals surface area contributed by atoms with Crippen LogP contribution in [0.4, 0.5) is 0 Å². The summed E-state index contributed by atoms with van der Waals surface area (Å²) in [6, 6.07) is 5.20. The maximum absolute atomic E-state index is 2.65. The van der Waals surface area contributed by atoms with Crippen molar-refractivity contribution in [2.45, 2.75) is 87.4 Å². The van der Waals surface area contributed by atoms with Gasteiger partial charge in [0.05, 0.1) is 0 Å². The van der Waals surface area contributed by atoms with Crippen LogP contribution in [0.1, 0.15) is 90.5 Å². The Morgan fingerprint density at radius 3 is 2.04 bits per heavy atom. The Balaban J connectivity index is 1.80. The second-order valence-corrected chi connectivity index (χ2v) is 18.2. The van der Waals surface area contributed by atoms with E-state index in [1.54, 1.807) is 39.0 Å². The monoisotopic (exact) mass is 540 g/mol. The van der Waals surface area contributed by atoms with E-state index in [0.717, 1.165) is 0 Å². The first-order chi connectivity index (χ1) is 13.0. The Labute approximate surface area is 183 Å². The zero-order valence-electron chi connectivity index (χ0n) is 19.1. The number of hydrogen-bond acceptors (Lipinski definition) is 0. The minimum absolute atomic E-state index is 0.369. The first kappa shape index (κ1) is 20.6. The van der Waals surface area contributed by atoms with Gasteiger partial charge in [-0.25, -0.2) is 0 Å². The summed E-state index contributed by atoms with van der Waals surface area (Å²) in [5.74, 6) is 0. The van der Waals surface area contributed by atoms with Crippen LogP contribution in [0.15, 0.2) is 40.5 Å². The Morgan fingerprint density at radius 1 is 0.893 bits per heavy atom. The number of rotatable bonds is 4. The summed E-state index contributed by atoms with van der Waals surface area (Å²) >= 11 is -1.13. The molecule has 0 saturated heterocycles. The van der Waals surface area contributed by atoms with Gasteiger partial charge in [0.1, 0.15) is 0 Å².